The third-order valence-corrected chi connectivity index (χ3v) is 3.65. The van der Waals surface area contributed by atoms with Crippen molar-refractivity contribution in [3.8, 4) is 0 Å². The molecule has 3 heterocycles. The van der Waals surface area contributed by atoms with Gasteiger partial charge < -0.3 is 14.8 Å². The van der Waals surface area contributed by atoms with Gasteiger partial charge in [0, 0.05) is 26.6 Å². The van der Waals surface area contributed by atoms with Crippen molar-refractivity contribution in [3.63, 3.8) is 0 Å². The maximum Gasteiger partial charge on any atom is 0.194 e. The molecule has 106 valence electrons. The van der Waals surface area contributed by atoms with E-state index in [1.165, 1.54) is 19.3 Å². The van der Waals surface area contributed by atoms with E-state index in [0.717, 1.165) is 50.2 Å². The zero-order chi connectivity index (χ0) is 12.4. The molecule has 0 saturated heterocycles. The van der Waals surface area contributed by atoms with Crippen LogP contribution in [0.15, 0.2) is 4.99 Å². The smallest absolute Gasteiger partial charge is 0.194 e. The van der Waals surface area contributed by atoms with Gasteiger partial charge in [-0.15, -0.1) is 34.2 Å². The van der Waals surface area contributed by atoms with Gasteiger partial charge in [0.15, 0.2) is 11.8 Å². The molecule has 1 aromatic rings. The van der Waals surface area contributed by atoms with Crippen molar-refractivity contribution in [2.75, 3.05) is 20.1 Å². The number of fused-ring (bicyclic) bond motifs is 1. The Kier molecular flexibility index (Phi) is 5.00. The summed E-state index contributed by atoms with van der Waals surface area (Å²) in [5, 5.41) is 12.0. The monoisotopic (exact) mass is 376 g/mol. The Morgan fingerprint density at radius 3 is 2.84 bits per heavy atom. The molecule has 19 heavy (non-hydrogen) atoms. The molecule has 0 bridgehead atoms. The summed E-state index contributed by atoms with van der Waals surface area (Å²) in [6, 6.07) is 0. The van der Waals surface area contributed by atoms with E-state index in [1.807, 2.05) is 0 Å². The quantitative estimate of drug-likeness (QED) is 0.783. The van der Waals surface area contributed by atoms with E-state index in [-0.39, 0.29) is 24.0 Å². The highest BCUT2D eigenvalue weighted by Gasteiger charge is 2.16. The normalized spacial score (nSPS) is 18.4. The number of rotatable bonds is 2. The fraction of sp³-hybridized carbons (Fsp3) is 0.750. The van der Waals surface area contributed by atoms with Gasteiger partial charge in [0.25, 0.3) is 0 Å². The van der Waals surface area contributed by atoms with Gasteiger partial charge in [-0.1, -0.05) is 6.42 Å². The van der Waals surface area contributed by atoms with Crippen molar-refractivity contribution in [2.45, 2.75) is 38.8 Å². The first-order valence-electron chi connectivity index (χ1n) is 6.75. The van der Waals surface area contributed by atoms with E-state index in [2.05, 4.69) is 37.0 Å². The van der Waals surface area contributed by atoms with E-state index >= 15 is 0 Å². The summed E-state index contributed by atoms with van der Waals surface area (Å²) in [7, 11) is 2.06. The van der Waals surface area contributed by atoms with Gasteiger partial charge in [0.1, 0.15) is 5.82 Å². The third kappa shape index (κ3) is 3.18. The second kappa shape index (κ2) is 6.53. The number of likely N-dealkylation sites (N-methyl/N-ethyl adjacent to an activating group) is 1. The minimum Gasteiger partial charge on any atom is -0.349 e. The molecule has 0 aromatic carbocycles. The fourth-order valence-corrected chi connectivity index (χ4v) is 2.56. The molecule has 0 spiro atoms. The molecule has 0 aliphatic carbocycles. The molecule has 0 amide bonds. The van der Waals surface area contributed by atoms with Crippen LogP contribution < -0.4 is 5.32 Å². The minimum absolute atomic E-state index is 0. The lowest BCUT2D eigenvalue weighted by molar-refractivity contribution is 0.527. The Morgan fingerprint density at radius 2 is 2.05 bits per heavy atom. The van der Waals surface area contributed by atoms with Crippen molar-refractivity contribution < 1.29 is 0 Å². The standard InChI is InChI=1S/C12H20N6.HI/c1-17-8-6-13-12(17)14-9-11-16-15-10-5-3-2-4-7-18(10)11;/h2-9H2,1H3,(H,13,14);1H. The molecule has 3 rings (SSSR count). The maximum atomic E-state index is 4.42. The Balaban J connectivity index is 0.00000133. The highest BCUT2D eigenvalue weighted by molar-refractivity contribution is 14.0. The molecule has 7 heteroatoms. The molecule has 1 N–H and O–H groups in total. The van der Waals surface area contributed by atoms with Gasteiger partial charge in [-0.05, 0) is 12.8 Å². The van der Waals surface area contributed by atoms with E-state index in [1.54, 1.807) is 0 Å². The van der Waals surface area contributed by atoms with Gasteiger partial charge in [-0.25, -0.2) is 0 Å². The summed E-state index contributed by atoms with van der Waals surface area (Å²) >= 11 is 0. The lowest BCUT2D eigenvalue weighted by atomic mass is 10.2. The number of hydrogen-bond donors (Lipinski definition) is 1. The van der Waals surface area contributed by atoms with Crippen molar-refractivity contribution in [3.05, 3.63) is 11.6 Å². The highest BCUT2D eigenvalue weighted by Crippen LogP contribution is 2.14. The van der Waals surface area contributed by atoms with Crippen LogP contribution in [0.1, 0.15) is 30.9 Å². The van der Waals surface area contributed by atoms with Crippen molar-refractivity contribution in [2.24, 2.45) is 4.99 Å². The number of hydrogen-bond acceptors (Lipinski definition) is 5. The number of aliphatic imine (C=N–C) groups is 1. The van der Waals surface area contributed by atoms with Crippen LogP contribution in [0.5, 0.6) is 0 Å². The minimum atomic E-state index is 0. The predicted molar refractivity (Wildman–Crippen MR) is 84.8 cm³/mol. The van der Waals surface area contributed by atoms with Crippen LogP contribution in [0.3, 0.4) is 0 Å². The second-order valence-corrected chi connectivity index (χ2v) is 4.98. The first kappa shape index (κ1) is 14.5. The Labute approximate surface area is 130 Å². The van der Waals surface area contributed by atoms with Gasteiger partial charge in [0.05, 0.1) is 13.1 Å². The van der Waals surface area contributed by atoms with Crippen molar-refractivity contribution >= 4 is 29.9 Å². The van der Waals surface area contributed by atoms with E-state index < -0.39 is 0 Å². The van der Waals surface area contributed by atoms with Crippen LogP contribution in [-0.2, 0) is 19.5 Å². The van der Waals surface area contributed by atoms with Crippen LogP contribution in [-0.4, -0.2) is 45.8 Å². The van der Waals surface area contributed by atoms with Crippen LogP contribution in [0.2, 0.25) is 0 Å². The summed E-state index contributed by atoms with van der Waals surface area (Å²) in [5.74, 6) is 3.15. The molecule has 0 atom stereocenters. The van der Waals surface area contributed by atoms with Gasteiger partial charge >= 0.3 is 0 Å². The lowest BCUT2D eigenvalue weighted by Crippen LogP contribution is -2.35. The van der Waals surface area contributed by atoms with Crippen LogP contribution in [0, 0.1) is 0 Å². The van der Waals surface area contributed by atoms with Crippen molar-refractivity contribution in [1.82, 2.24) is 25.0 Å². The maximum absolute atomic E-state index is 4.42. The largest absolute Gasteiger partial charge is 0.349 e. The van der Waals surface area contributed by atoms with Crippen molar-refractivity contribution in [1.29, 1.82) is 0 Å². The topological polar surface area (TPSA) is 58.3 Å². The lowest BCUT2D eigenvalue weighted by Gasteiger charge is -2.15. The molecular weight excluding hydrogens is 355 g/mol. The fourth-order valence-electron chi connectivity index (χ4n) is 2.56. The zero-order valence-electron chi connectivity index (χ0n) is 11.3. The zero-order valence-corrected chi connectivity index (χ0v) is 13.6. The average molecular weight is 376 g/mol. The molecule has 1 aromatic heterocycles. The molecule has 2 aliphatic heterocycles. The second-order valence-electron chi connectivity index (χ2n) is 4.98. The van der Waals surface area contributed by atoms with E-state index in [0.29, 0.717) is 0 Å². The number of halogens is 1. The van der Waals surface area contributed by atoms with Gasteiger partial charge in [-0.3, -0.25) is 4.99 Å². The highest BCUT2D eigenvalue weighted by atomic mass is 127. The average Bonchev–Trinajstić information content (AvgIpc) is 2.86. The third-order valence-electron chi connectivity index (χ3n) is 3.65. The Bertz CT molecular complexity index is 455. The summed E-state index contributed by atoms with van der Waals surface area (Å²) in [6.07, 6.45) is 4.83. The first-order valence-corrected chi connectivity index (χ1v) is 6.75. The van der Waals surface area contributed by atoms with Gasteiger partial charge in [-0.2, -0.15) is 0 Å². The molecular formula is C12H21IN6. The molecule has 6 nitrogen and oxygen atoms in total. The molecule has 0 fully saturated rings. The van der Waals surface area contributed by atoms with Gasteiger partial charge in [0.2, 0.25) is 0 Å². The number of nitrogens with one attached hydrogen (secondary N) is 1. The Morgan fingerprint density at radius 1 is 1.16 bits per heavy atom. The van der Waals surface area contributed by atoms with Crippen LogP contribution in [0.25, 0.3) is 0 Å². The number of guanidine groups is 1. The predicted octanol–water partition coefficient (Wildman–Crippen LogP) is 1.01. The molecule has 0 unspecified atom stereocenters. The summed E-state index contributed by atoms with van der Waals surface area (Å²) in [6.45, 7) is 3.66. The summed E-state index contributed by atoms with van der Waals surface area (Å²) < 4.78 is 2.27. The van der Waals surface area contributed by atoms with E-state index in [4.69, 9.17) is 0 Å². The summed E-state index contributed by atoms with van der Waals surface area (Å²) in [4.78, 5) is 6.56. The van der Waals surface area contributed by atoms with Crippen LogP contribution >= 0.6 is 24.0 Å². The molecule has 0 saturated carbocycles. The van der Waals surface area contributed by atoms with E-state index in [9.17, 15) is 0 Å². The number of aryl methyl sites for hydroxylation is 1. The number of nitrogens with zero attached hydrogens (tertiary/aromatic N) is 5. The van der Waals surface area contributed by atoms with Crippen LogP contribution in [0.4, 0.5) is 0 Å². The number of aromatic nitrogens is 3. The SMILES string of the molecule is CN1CCN=C1NCc1nnc2n1CCCCC2.I. The molecule has 0 radical (unpaired) electrons. The Hall–Kier alpha value is -0.860. The first-order chi connectivity index (χ1) is 8.84. The summed E-state index contributed by atoms with van der Waals surface area (Å²) in [5.41, 5.74) is 0. The molecule has 2 aliphatic rings.